The van der Waals surface area contributed by atoms with E-state index in [0.717, 1.165) is 17.3 Å². The highest BCUT2D eigenvalue weighted by Crippen LogP contribution is 2.27. The number of carbonyl (C=O) groups is 5. The van der Waals surface area contributed by atoms with Gasteiger partial charge in [-0.1, -0.05) is 24.3 Å². The summed E-state index contributed by atoms with van der Waals surface area (Å²) >= 11 is 0.845. The second-order valence-corrected chi connectivity index (χ2v) is 12.0. The number of esters is 1. The Balaban J connectivity index is 1.39. The fraction of sp³-hybridized carbons (Fsp3) is 0.290. The van der Waals surface area contributed by atoms with Gasteiger partial charge in [0.1, 0.15) is 29.2 Å². The highest BCUT2D eigenvalue weighted by molar-refractivity contribution is 8.18. The zero-order valence-electron chi connectivity index (χ0n) is 25.0. The number of H-pyrrole nitrogens is 1. The minimum Gasteiger partial charge on any atom is -0.467 e. The van der Waals surface area contributed by atoms with E-state index in [1.807, 2.05) is 0 Å². The summed E-state index contributed by atoms with van der Waals surface area (Å²) in [6.45, 7) is 5.12. The molecule has 236 valence electrons. The fourth-order valence-electron chi connectivity index (χ4n) is 4.15. The third-order valence-corrected chi connectivity index (χ3v) is 7.02. The first-order valence-electron chi connectivity index (χ1n) is 13.8. The van der Waals surface area contributed by atoms with E-state index < -0.39 is 46.8 Å². The van der Waals surface area contributed by atoms with E-state index in [9.17, 15) is 24.0 Å². The molecule has 0 bridgehead atoms. The molecule has 2 atom stereocenters. The van der Waals surface area contributed by atoms with Gasteiger partial charge in [0, 0.05) is 24.7 Å². The van der Waals surface area contributed by atoms with Crippen molar-refractivity contribution < 1.29 is 38.2 Å². The van der Waals surface area contributed by atoms with Crippen molar-refractivity contribution >= 4 is 47.0 Å². The lowest BCUT2D eigenvalue weighted by atomic mass is 10.0. The van der Waals surface area contributed by atoms with E-state index in [1.54, 1.807) is 75.4 Å². The number of methoxy groups -OCH3 is 1. The summed E-state index contributed by atoms with van der Waals surface area (Å²) < 4.78 is 16.2. The monoisotopic (exact) mass is 635 g/mol. The van der Waals surface area contributed by atoms with Crippen LogP contribution in [0.4, 0.5) is 9.59 Å². The van der Waals surface area contributed by atoms with E-state index in [1.165, 1.54) is 19.6 Å². The standard InChI is InChI=1S/C31H33N5O8S/c1-31(2,3)44-29(40)35-23(15-20-16-32-17-33-20)26(37)34-24(28(39)42-4)13-18-5-9-21(10-6-18)43-22-11-7-19(8-12-22)14-25-27(38)36-30(41)45-25/h5-12,14,16-17,23-24H,13,15H2,1-4H3,(H,32,33)(H,34,37)(H,35,40)(H,36,38,41). The Labute approximate surface area is 263 Å². The topological polar surface area (TPSA) is 178 Å². The lowest BCUT2D eigenvalue weighted by Gasteiger charge is -2.24. The van der Waals surface area contributed by atoms with Crippen molar-refractivity contribution in [3.05, 3.63) is 82.8 Å². The number of alkyl carbamates (subject to hydrolysis) is 1. The number of ether oxygens (including phenoxy) is 3. The maximum absolute atomic E-state index is 13.3. The van der Waals surface area contributed by atoms with Gasteiger partial charge in [-0.25, -0.2) is 14.6 Å². The molecular weight excluding hydrogens is 602 g/mol. The highest BCUT2D eigenvalue weighted by Gasteiger charge is 2.30. The molecule has 2 aromatic carbocycles. The summed E-state index contributed by atoms with van der Waals surface area (Å²) in [7, 11) is 1.22. The first-order chi connectivity index (χ1) is 21.4. The predicted molar refractivity (Wildman–Crippen MR) is 165 cm³/mol. The average Bonchev–Trinajstić information content (AvgIpc) is 3.61. The summed E-state index contributed by atoms with van der Waals surface area (Å²) in [4.78, 5) is 68.7. The molecule has 13 nitrogen and oxygen atoms in total. The minimum absolute atomic E-state index is 0.0808. The van der Waals surface area contributed by atoms with Crippen LogP contribution in [0.5, 0.6) is 11.5 Å². The van der Waals surface area contributed by atoms with E-state index in [2.05, 4.69) is 25.9 Å². The van der Waals surface area contributed by atoms with Crippen LogP contribution in [0, 0.1) is 0 Å². The molecule has 2 heterocycles. The second kappa shape index (κ2) is 14.6. The van der Waals surface area contributed by atoms with Gasteiger partial charge < -0.3 is 29.8 Å². The molecule has 1 aliphatic heterocycles. The molecule has 0 spiro atoms. The van der Waals surface area contributed by atoms with Gasteiger partial charge in [0.05, 0.1) is 18.3 Å². The van der Waals surface area contributed by atoms with Gasteiger partial charge in [-0.15, -0.1) is 0 Å². The maximum atomic E-state index is 13.3. The maximum Gasteiger partial charge on any atom is 0.408 e. The third-order valence-electron chi connectivity index (χ3n) is 6.21. The van der Waals surface area contributed by atoms with Gasteiger partial charge >= 0.3 is 12.1 Å². The molecule has 0 saturated carbocycles. The number of hydrogen-bond acceptors (Lipinski definition) is 10. The Morgan fingerprint density at radius 3 is 2.18 bits per heavy atom. The number of aromatic amines is 1. The van der Waals surface area contributed by atoms with Crippen LogP contribution in [0.2, 0.25) is 0 Å². The normalized spacial score (nSPS) is 15.2. The van der Waals surface area contributed by atoms with E-state index >= 15 is 0 Å². The fourth-order valence-corrected chi connectivity index (χ4v) is 4.84. The Hall–Kier alpha value is -5.11. The van der Waals surface area contributed by atoms with Crippen LogP contribution in [0.25, 0.3) is 6.08 Å². The first kappa shape index (κ1) is 32.8. The van der Waals surface area contributed by atoms with Crippen molar-refractivity contribution in [2.45, 2.75) is 51.3 Å². The molecule has 0 radical (unpaired) electrons. The van der Waals surface area contributed by atoms with Gasteiger partial charge in [-0.05, 0) is 74.0 Å². The molecule has 14 heteroatoms. The number of carbonyl (C=O) groups excluding carboxylic acids is 5. The molecule has 1 aromatic heterocycles. The molecule has 1 saturated heterocycles. The Morgan fingerprint density at radius 2 is 1.62 bits per heavy atom. The highest BCUT2D eigenvalue weighted by atomic mass is 32.2. The average molecular weight is 636 g/mol. The summed E-state index contributed by atoms with van der Waals surface area (Å²) in [5, 5.41) is 7.07. The number of nitrogens with zero attached hydrogens (tertiary/aromatic N) is 1. The van der Waals surface area contributed by atoms with Crippen LogP contribution in [0.1, 0.15) is 37.6 Å². The van der Waals surface area contributed by atoms with Crippen molar-refractivity contribution in [3.8, 4) is 11.5 Å². The van der Waals surface area contributed by atoms with Crippen LogP contribution >= 0.6 is 11.8 Å². The minimum atomic E-state index is -1.07. The van der Waals surface area contributed by atoms with E-state index in [0.29, 0.717) is 27.7 Å². The Bertz CT molecular complexity index is 1560. The second-order valence-electron chi connectivity index (χ2n) is 10.9. The third kappa shape index (κ3) is 9.96. The zero-order chi connectivity index (χ0) is 32.6. The molecule has 2 unspecified atom stereocenters. The number of amides is 4. The Kier molecular flexibility index (Phi) is 10.6. The molecule has 0 aliphatic carbocycles. The summed E-state index contributed by atoms with van der Waals surface area (Å²) in [5.41, 5.74) is 1.27. The zero-order valence-corrected chi connectivity index (χ0v) is 25.9. The van der Waals surface area contributed by atoms with Gasteiger partial charge in [0.15, 0.2) is 0 Å². The number of hydrogen-bond donors (Lipinski definition) is 4. The van der Waals surface area contributed by atoms with Crippen LogP contribution in [0.15, 0.2) is 66.0 Å². The molecule has 3 aromatic rings. The number of nitrogens with one attached hydrogen (secondary N) is 4. The van der Waals surface area contributed by atoms with Gasteiger partial charge in [0.2, 0.25) is 5.91 Å². The lowest BCUT2D eigenvalue weighted by molar-refractivity contribution is -0.145. The molecule has 1 aliphatic rings. The van der Waals surface area contributed by atoms with E-state index in [-0.39, 0.29) is 12.8 Å². The van der Waals surface area contributed by atoms with Crippen molar-refractivity contribution in [2.24, 2.45) is 0 Å². The lowest BCUT2D eigenvalue weighted by Crippen LogP contribution is -2.54. The van der Waals surface area contributed by atoms with Gasteiger partial charge in [-0.3, -0.25) is 19.7 Å². The number of benzene rings is 2. The van der Waals surface area contributed by atoms with Crippen LogP contribution in [-0.4, -0.2) is 63.9 Å². The smallest absolute Gasteiger partial charge is 0.408 e. The molecular formula is C31H33N5O8S. The number of imidazole rings is 1. The quantitative estimate of drug-likeness (QED) is 0.179. The van der Waals surface area contributed by atoms with Gasteiger partial charge in [0.25, 0.3) is 11.1 Å². The summed E-state index contributed by atoms with van der Waals surface area (Å²) in [5.74, 6) is -0.616. The number of imide groups is 1. The molecule has 45 heavy (non-hydrogen) atoms. The van der Waals surface area contributed by atoms with E-state index in [4.69, 9.17) is 14.2 Å². The Morgan fingerprint density at radius 1 is 0.956 bits per heavy atom. The predicted octanol–water partition coefficient (Wildman–Crippen LogP) is 3.86. The van der Waals surface area contributed by atoms with Crippen LogP contribution < -0.4 is 20.7 Å². The van der Waals surface area contributed by atoms with Crippen molar-refractivity contribution in [2.75, 3.05) is 7.11 Å². The first-order valence-corrected chi connectivity index (χ1v) is 14.7. The van der Waals surface area contributed by atoms with Crippen molar-refractivity contribution in [1.29, 1.82) is 0 Å². The molecule has 4 amide bonds. The number of rotatable bonds is 11. The molecule has 1 fully saturated rings. The summed E-state index contributed by atoms with van der Waals surface area (Å²) in [6.07, 6.45) is 4.01. The van der Waals surface area contributed by atoms with Crippen molar-refractivity contribution in [1.82, 2.24) is 25.9 Å². The number of thioether (sulfide) groups is 1. The summed E-state index contributed by atoms with van der Waals surface area (Å²) in [6, 6.07) is 11.8. The van der Waals surface area contributed by atoms with Crippen LogP contribution in [0.3, 0.4) is 0 Å². The van der Waals surface area contributed by atoms with Crippen molar-refractivity contribution in [3.63, 3.8) is 0 Å². The number of aromatic nitrogens is 2. The molecule has 4 rings (SSSR count). The molecule has 4 N–H and O–H groups in total. The van der Waals surface area contributed by atoms with Gasteiger partial charge in [-0.2, -0.15) is 0 Å². The van der Waals surface area contributed by atoms with Crippen LogP contribution in [-0.2, 0) is 36.7 Å². The largest absolute Gasteiger partial charge is 0.467 e. The SMILES string of the molecule is COC(=O)C(Cc1ccc(Oc2ccc(C=C3SC(=O)NC3=O)cc2)cc1)NC(=O)C(Cc1cnc[nH]1)NC(=O)OC(C)(C)C.